The van der Waals surface area contributed by atoms with Gasteiger partial charge in [0.25, 0.3) is 5.91 Å². The summed E-state index contributed by atoms with van der Waals surface area (Å²) in [5, 5.41) is 14.2. The topological polar surface area (TPSA) is 78.4 Å². The smallest absolute Gasteiger partial charge is 0.325 e. The molecule has 0 aromatic heterocycles. The standard InChI is InChI=1S/C12H16N2O3/c1-3-13-11(15)9-4-6-10(7-5-9)14-8(2)12(16)17/h4-8,14H,3H2,1-2H3,(H,13,15)(H,16,17). The number of carbonyl (C=O) groups is 2. The largest absolute Gasteiger partial charge is 0.480 e. The monoisotopic (exact) mass is 236 g/mol. The number of carbonyl (C=O) groups excluding carboxylic acids is 1. The van der Waals surface area contributed by atoms with Gasteiger partial charge in [0.15, 0.2) is 0 Å². The van der Waals surface area contributed by atoms with Crippen molar-refractivity contribution in [3.8, 4) is 0 Å². The van der Waals surface area contributed by atoms with Crippen LogP contribution in [0.15, 0.2) is 24.3 Å². The van der Waals surface area contributed by atoms with E-state index in [0.29, 0.717) is 17.8 Å². The highest BCUT2D eigenvalue weighted by Gasteiger charge is 2.10. The molecule has 92 valence electrons. The number of anilines is 1. The molecule has 5 heteroatoms. The average Bonchev–Trinajstić information content (AvgIpc) is 2.30. The van der Waals surface area contributed by atoms with E-state index >= 15 is 0 Å². The van der Waals surface area contributed by atoms with E-state index in [1.807, 2.05) is 6.92 Å². The Morgan fingerprint density at radius 1 is 1.29 bits per heavy atom. The van der Waals surface area contributed by atoms with Crippen molar-refractivity contribution >= 4 is 17.6 Å². The van der Waals surface area contributed by atoms with E-state index in [9.17, 15) is 9.59 Å². The minimum absolute atomic E-state index is 0.134. The van der Waals surface area contributed by atoms with E-state index in [-0.39, 0.29) is 5.91 Å². The van der Waals surface area contributed by atoms with Crippen LogP contribution >= 0.6 is 0 Å². The third-order valence-electron chi connectivity index (χ3n) is 2.24. The number of hydrogen-bond donors (Lipinski definition) is 3. The second-order valence-corrected chi connectivity index (χ2v) is 3.64. The van der Waals surface area contributed by atoms with Crippen LogP contribution in [-0.2, 0) is 4.79 Å². The number of carboxylic acids is 1. The van der Waals surface area contributed by atoms with Gasteiger partial charge in [-0.1, -0.05) is 0 Å². The molecule has 1 unspecified atom stereocenters. The van der Waals surface area contributed by atoms with Gasteiger partial charge in [0, 0.05) is 17.8 Å². The Balaban J connectivity index is 2.68. The van der Waals surface area contributed by atoms with Crippen LogP contribution in [0, 0.1) is 0 Å². The molecule has 5 nitrogen and oxygen atoms in total. The Bertz CT molecular complexity index is 401. The highest BCUT2D eigenvalue weighted by molar-refractivity contribution is 5.94. The van der Waals surface area contributed by atoms with Crippen molar-refractivity contribution in [2.75, 3.05) is 11.9 Å². The van der Waals surface area contributed by atoms with Crippen molar-refractivity contribution in [1.29, 1.82) is 0 Å². The minimum Gasteiger partial charge on any atom is -0.480 e. The van der Waals surface area contributed by atoms with Gasteiger partial charge in [0.1, 0.15) is 6.04 Å². The Morgan fingerprint density at radius 2 is 1.88 bits per heavy atom. The molecule has 0 spiro atoms. The van der Waals surface area contributed by atoms with E-state index in [2.05, 4.69) is 10.6 Å². The van der Waals surface area contributed by atoms with Crippen molar-refractivity contribution < 1.29 is 14.7 Å². The molecule has 3 N–H and O–H groups in total. The molecule has 0 saturated carbocycles. The van der Waals surface area contributed by atoms with Crippen molar-refractivity contribution in [2.24, 2.45) is 0 Å². The highest BCUT2D eigenvalue weighted by atomic mass is 16.4. The van der Waals surface area contributed by atoms with Crippen molar-refractivity contribution in [3.63, 3.8) is 0 Å². The number of aliphatic carboxylic acids is 1. The molecule has 1 amide bonds. The van der Waals surface area contributed by atoms with Crippen LogP contribution in [0.3, 0.4) is 0 Å². The summed E-state index contributed by atoms with van der Waals surface area (Å²) >= 11 is 0. The van der Waals surface area contributed by atoms with Crippen LogP contribution in [0.1, 0.15) is 24.2 Å². The summed E-state index contributed by atoms with van der Waals surface area (Å²) in [7, 11) is 0. The quantitative estimate of drug-likeness (QED) is 0.720. The number of hydrogen-bond acceptors (Lipinski definition) is 3. The maximum absolute atomic E-state index is 11.5. The van der Waals surface area contributed by atoms with E-state index in [0.717, 1.165) is 0 Å². The molecule has 0 saturated heterocycles. The van der Waals surface area contributed by atoms with Crippen molar-refractivity contribution in [2.45, 2.75) is 19.9 Å². The van der Waals surface area contributed by atoms with Gasteiger partial charge in [-0.3, -0.25) is 9.59 Å². The van der Waals surface area contributed by atoms with Gasteiger partial charge < -0.3 is 15.7 Å². The molecule has 1 rings (SSSR count). The molecule has 1 atom stereocenters. The summed E-state index contributed by atoms with van der Waals surface area (Å²) in [6.45, 7) is 3.98. The van der Waals surface area contributed by atoms with E-state index in [4.69, 9.17) is 5.11 Å². The second kappa shape index (κ2) is 5.89. The van der Waals surface area contributed by atoms with Crippen LogP contribution in [0.25, 0.3) is 0 Å². The summed E-state index contributed by atoms with van der Waals surface area (Å²) in [5.41, 5.74) is 1.23. The maximum atomic E-state index is 11.5. The minimum atomic E-state index is -0.919. The zero-order chi connectivity index (χ0) is 12.8. The predicted octanol–water partition coefficient (Wildman–Crippen LogP) is 1.32. The molecule has 0 radical (unpaired) electrons. The van der Waals surface area contributed by atoms with Gasteiger partial charge in [0.2, 0.25) is 0 Å². The number of amides is 1. The maximum Gasteiger partial charge on any atom is 0.325 e. The Labute approximate surface area is 99.8 Å². The number of carboxylic acid groups (broad SMARTS) is 1. The predicted molar refractivity (Wildman–Crippen MR) is 65.2 cm³/mol. The summed E-state index contributed by atoms with van der Waals surface area (Å²) in [5.74, 6) is -1.05. The summed E-state index contributed by atoms with van der Waals surface area (Å²) in [6.07, 6.45) is 0. The fraction of sp³-hybridized carbons (Fsp3) is 0.333. The first-order valence-electron chi connectivity index (χ1n) is 5.42. The first-order chi connectivity index (χ1) is 8.04. The molecule has 0 bridgehead atoms. The first kappa shape index (κ1) is 13.0. The molecule has 0 aliphatic carbocycles. The van der Waals surface area contributed by atoms with Gasteiger partial charge in [0.05, 0.1) is 0 Å². The highest BCUT2D eigenvalue weighted by Crippen LogP contribution is 2.10. The normalized spacial score (nSPS) is 11.6. The molecule has 0 aliphatic heterocycles. The van der Waals surface area contributed by atoms with Crippen LogP contribution in [0.2, 0.25) is 0 Å². The molecular formula is C12H16N2O3. The van der Waals surface area contributed by atoms with Crippen molar-refractivity contribution in [1.82, 2.24) is 5.32 Å². The van der Waals surface area contributed by atoms with Gasteiger partial charge in [-0.2, -0.15) is 0 Å². The van der Waals surface area contributed by atoms with Crippen molar-refractivity contribution in [3.05, 3.63) is 29.8 Å². The number of rotatable bonds is 5. The van der Waals surface area contributed by atoms with Crippen LogP contribution < -0.4 is 10.6 Å². The van der Waals surface area contributed by atoms with E-state index in [1.165, 1.54) is 0 Å². The van der Waals surface area contributed by atoms with Gasteiger partial charge in [-0.15, -0.1) is 0 Å². The van der Waals surface area contributed by atoms with Gasteiger partial charge in [-0.25, -0.2) is 0 Å². The molecular weight excluding hydrogens is 220 g/mol. The lowest BCUT2D eigenvalue weighted by molar-refractivity contribution is -0.137. The molecule has 1 aromatic rings. The fourth-order valence-corrected chi connectivity index (χ4v) is 1.29. The lowest BCUT2D eigenvalue weighted by Crippen LogP contribution is -2.25. The lowest BCUT2D eigenvalue weighted by Gasteiger charge is -2.11. The summed E-state index contributed by atoms with van der Waals surface area (Å²) < 4.78 is 0. The van der Waals surface area contributed by atoms with Crippen LogP contribution in [-0.4, -0.2) is 29.6 Å². The third kappa shape index (κ3) is 3.79. The Hall–Kier alpha value is -2.04. The number of nitrogens with one attached hydrogen (secondary N) is 2. The molecule has 0 heterocycles. The lowest BCUT2D eigenvalue weighted by atomic mass is 10.2. The molecule has 1 aromatic carbocycles. The molecule has 0 fully saturated rings. The first-order valence-corrected chi connectivity index (χ1v) is 5.42. The van der Waals surface area contributed by atoms with Gasteiger partial charge in [-0.05, 0) is 38.1 Å². The molecule has 17 heavy (non-hydrogen) atoms. The Morgan fingerprint density at radius 3 is 2.35 bits per heavy atom. The van der Waals surface area contributed by atoms with Crippen LogP contribution in [0.5, 0.6) is 0 Å². The summed E-state index contributed by atoms with van der Waals surface area (Å²) in [6, 6.07) is 6.02. The average molecular weight is 236 g/mol. The molecule has 0 aliphatic rings. The fourth-order valence-electron chi connectivity index (χ4n) is 1.29. The SMILES string of the molecule is CCNC(=O)c1ccc(NC(C)C(=O)O)cc1. The zero-order valence-electron chi connectivity index (χ0n) is 9.86. The van der Waals surface area contributed by atoms with Crippen LogP contribution in [0.4, 0.5) is 5.69 Å². The van der Waals surface area contributed by atoms with E-state index in [1.54, 1.807) is 31.2 Å². The van der Waals surface area contributed by atoms with E-state index < -0.39 is 12.0 Å². The Kier molecular flexibility index (Phi) is 4.51. The third-order valence-corrected chi connectivity index (χ3v) is 2.24. The number of benzene rings is 1. The van der Waals surface area contributed by atoms with Gasteiger partial charge >= 0.3 is 5.97 Å². The summed E-state index contributed by atoms with van der Waals surface area (Å²) in [4.78, 5) is 22.1. The second-order valence-electron chi connectivity index (χ2n) is 3.64. The zero-order valence-corrected chi connectivity index (χ0v) is 9.86.